The van der Waals surface area contributed by atoms with Gasteiger partial charge in [0.05, 0.1) is 29.5 Å². The highest BCUT2D eigenvalue weighted by atomic mass is 19.1. The molecule has 11 heteroatoms. The first-order valence-corrected chi connectivity index (χ1v) is 11.9. The molecule has 2 heterocycles. The minimum absolute atomic E-state index is 0.0198. The topological polar surface area (TPSA) is 143 Å². The Morgan fingerprint density at radius 1 is 1.13 bits per heavy atom. The molecule has 0 aliphatic carbocycles. The second-order valence-corrected chi connectivity index (χ2v) is 8.83. The SMILES string of the molecule is Cc1cccnc1-c1cccc(NC(=O)CN(C(=O)Cn2nc(C(N)=O)c3ccccc32)C(C)CO)c1F. The van der Waals surface area contributed by atoms with Gasteiger partial charge in [-0.3, -0.25) is 24.0 Å². The minimum Gasteiger partial charge on any atom is -0.394 e. The molecule has 0 saturated carbocycles. The van der Waals surface area contributed by atoms with Crippen LogP contribution in [-0.2, 0) is 16.1 Å². The monoisotopic (exact) mass is 518 g/mol. The quantitative estimate of drug-likeness (QED) is 0.311. The molecule has 2 aromatic heterocycles. The lowest BCUT2D eigenvalue weighted by Crippen LogP contribution is -2.46. The zero-order valence-electron chi connectivity index (χ0n) is 20.9. The van der Waals surface area contributed by atoms with E-state index in [9.17, 15) is 19.5 Å². The van der Waals surface area contributed by atoms with Crippen molar-refractivity contribution in [2.45, 2.75) is 26.4 Å². The van der Waals surface area contributed by atoms with Gasteiger partial charge in [0.15, 0.2) is 11.5 Å². The Kier molecular flexibility index (Phi) is 7.77. The number of hydrogen-bond acceptors (Lipinski definition) is 6. The van der Waals surface area contributed by atoms with Crippen LogP contribution in [0.15, 0.2) is 60.8 Å². The van der Waals surface area contributed by atoms with E-state index < -0.39 is 42.7 Å². The molecular weight excluding hydrogens is 491 g/mol. The number of halogens is 1. The number of carbonyl (C=O) groups excluding carboxylic acids is 3. The summed E-state index contributed by atoms with van der Waals surface area (Å²) < 4.78 is 16.6. The maximum absolute atomic E-state index is 15.3. The Morgan fingerprint density at radius 3 is 2.61 bits per heavy atom. The van der Waals surface area contributed by atoms with Gasteiger partial charge in [0.2, 0.25) is 11.8 Å². The summed E-state index contributed by atoms with van der Waals surface area (Å²) >= 11 is 0. The van der Waals surface area contributed by atoms with Crippen LogP contribution < -0.4 is 11.1 Å². The fourth-order valence-electron chi connectivity index (χ4n) is 4.16. The standard InChI is InChI=1S/C27H27FN6O4/c1-16-7-6-12-30-25(16)19-9-5-10-20(24(19)28)31-22(36)13-33(17(2)15-35)23(37)14-34-21-11-4-3-8-18(21)26(32-34)27(29)38/h3-12,17,35H,13-15H2,1-2H3,(H2,29,38)(H,31,36). The van der Waals surface area contributed by atoms with E-state index in [1.165, 1.54) is 15.6 Å². The Hall–Kier alpha value is -4.64. The van der Waals surface area contributed by atoms with Crippen LogP contribution in [0.4, 0.5) is 10.1 Å². The number of benzene rings is 2. The molecule has 0 aliphatic rings. The van der Waals surface area contributed by atoms with Crippen LogP contribution in [0.1, 0.15) is 23.0 Å². The van der Waals surface area contributed by atoms with Gasteiger partial charge in [-0.2, -0.15) is 5.10 Å². The number of aryl methyl sites for hydroxylation is 1. The number of aromatic nitrogens is 3. The zero-order chi connectivity index (χ0) is 27.4. The van der Waals surface area contributed by atoms with Crippen molar-refractivity contribution in [3.05, 3.63) is 77.9 Å². The van der Waals surface area contributed by atoms with E-state index >= 15 is 4.39 Å². The third kappa shape index (κ3) is 5.37. The summed E-state index contributed by atoms with van der Waals surface area (Å²) in [4.78, 5) is 43.4. The third-order valence-corrected chi connectivity index (χ3v) is 6.14. The summed E-state index contributed by atoms with van der Waals surface area (Å²) in [5.41, 5.74) is 7.35. The number of amides is 3. The van der Waals surface area contributed by atoms with Gasteiger partial charge in [-0.1, -0.05) is 30.3 Å². The van der Waals surface area contributed by atoms with E-state index in [0.717, 1.165) is 5.56 Å². The van der Waals surface area contributed by atoms with E-state index in [2.05, 4.69) is 15.4 Å². The first-order chi connectivity index (χ1) is 18.2. The molecule has 10 nitrogen and oxygen atoms in total. The third-order valence-electron chi connectivity index (χ3n) is 6.14. The number of nitrogens with one attached hydrogen (secondary N) is 1. The number of carbonyl (C=O) groups is 3. The van der Waals surface area contributed by atoms with Crippen molar-refractivity contribution < 1.29 is 23.9 Å². The molecule has 0 spiro atoms. The van der Waals surface area contributed by atoms with Gasteiger partial charge in [0.1, 0.15) is 13.1 Å². The number of anilines is 1. The maximum atomic E-state index is 15.3. The van der Waals surface area contributed by atoms with E-state index in [4.69, 9.17) is 5.73 Å². The molecule has 1 unspecified atom stereocenters. The van der Waals surface area contributed by atoms with Crippen molar-refractivity contribution in [3.63, 3.8) is 0 Å². The number of nitrogens with two attached hydrogens (primary N) is 1. The number of nitrogens with zero attached hydrogens (tertiary/aromatic N) is 4. The van der Waals surface area contributed by atoms with Gasteiger partial charge in [-0.05, 0) is 43.7 Å². The average molecular weight is 519 g/mol. The fraction of sp³-hybridized carbons (Fsp3) is 0.222. The summed E-state index contributed by atoms with van der Waals surface area (Å²) in [6, 6.07) is 14.2. The number of aliphatic hydroxyl groups excluding tert-OH is 1. The molecule has 4 aromatic rings. The van der Waals surface area contributed by atoms with Crippen molar-refractivity contribution in [2.75, 3.05) is 18.5 Å². The van der Waals surface area contributed by atoms with Crippen molar-refractivity contribution in [1.29, 1.82) is 0 Å². The van der Waals surface area contributed by atoms with Crippen LogP contribution in [0.25, 0.3) is 22.2 Å². The molecule has 2 aromatic carbocycles. The minimum atomic E-state index is -0.738. The van der Waals surface area contributed by atoms with Crippen LogP contribution in [0.3, 0.4) is 0 Å². The molecule has 4 rings (SSSR count). The summed E-state index contributed by atoms with van der Waals surface area (Å²) in [7, 11) is 0. The zero-order valence-corrected chi connectivity index (χ0v) is 20.9. The lowest BCUT2D eigenvalue weighted by atomic mass is 10.1. The van der Waals surface area contributed by atoms with E-state index in [0.29, 0.717) is 16.6 Å². The number of pyridine rings is 1. The first kappa shape index (κ1) is 26.4. The molecule has 0 fully saturated rings. The number of rotatable bonds is 9. The number of fused-ring (bicyclic) bond motifs is 1. The highest BCUT2D eigenvalue weighted by Crippen LogP contribution is 2.28. The number of primary amides is 1. The van der Waals surface area contributed by atoms with E-state index in [1.807, 2.05) is 13.0 Å². The van der Waals surface area contributed by atoms with Crippen LogP contribution in [0.5, 0.6) is 0 Å². The van der Waals surface area contributed by atoms with Crippen LogP contribution in [0.2, 0.25) is 0 Å². The predicted octanol–water partition coefficient (Wildman–Crippen LogP) is 2.49. The smallest absolute Gasteiger partial charge is 0.269 e. The predicted molar refractivity (Wildman–Crippen MR) is 140 cm³/mol. The summed E-state index contributed by atoms with van der Waals surface area (Å²) in [6.45, 7) is 2.21. The fourth-order valence-corrected chi connectivity index (χ4v) is 4.16. The van der Waals surface area contributed by atoms with Gasteiger partial charge in [0.25, 0.3) is 5.91 Å². The van der Waals surface area contributed by atoms with Crippen LogP contribution in [0, 0.1) is 12.7 Å². The lowest BCUT2D eigenvalue weighted by Gasteiger charge is -2.27. The molecule has 3 amide bonds. The Bertz CT molecular complexity index is 1520. The molecule has 0 saturated heterocycles. The van der Waals surface area contributed by atoms with Gasteiger partial charge in [0, 0.05) is 17.1 Å². The highest BCUT2D eigenvalue weighted by molar-refractivity contribution is 6.04. The van der Waals surface area contributed by atoms with Crippen LogP contribution in [-0.4, -0.2) is 61.7 Å². The second-order valence-electron chi connectivity index (χ2n) is 8.83. The van der Waals surface area contributed by atoms with Gasteiger partial charge in [-0.15, -0.1) is 0 Å². The van der Waals surface area contributed by atoms with Crippen LogP contribution >= 0.6 is 0 Å². The Labute approximate surface area is 217 Å². The van der Waals surface area contributed by atoms with E-state index in [1.54, 1.807) is 55.6 Å². The van der Waals surface area contributed by atoms with Crippen molar-refractivity contribution in [3.8, 4) is 11.3 Å². The molecule has 0 radical (unpaired) electrons. The van der Waals surface area contributed by atoms with Gasteiger partial charge in [-0.25, -0.2) is 4.39 Å². The number of aliphatic hydroxyl groups is 1. The van der Waals surface area contributed by atoms with Crippen molar-refractivity contribution in [1.82, 2.24) is 19.7 Å². The molecule has 0 aliphatic heterocycles. The molecule has 196 valence electrons. The highest BCUT2D eigenvalue weighted by Gasteiger charge is 2.25. The first-order valence-electron chi connectivity index (χ1n) is 11.9. The number of para-hydroxylation sites is 1. The van der Waals surface area contributed by atoms with Gasteiger partial charge >= 0.3 is 0 Å². The Balaban J connectivity index is 1.55. The van der Waals surface area contributed by atoms with Crippen molar-refractivity contribution in [2.24, 2.45) is 5.73 Å². The molecule has 4 N–H and O–H groups in total. The molecule has 38 heavy (non-hydrogen) atoms. The molecule has 1 atom stereocenters. The molecule has 0 bridgehead atoms. The summed E-state index contributed by atoms with van der Waals surface area (Å²) in [5.74, 6) is -2.59. The summed E-state index contributed by atoms with van der Waals surface area (Å²) in [5, 5.41) is 16.9. The van der Waals surface area contributed by atoms with Crippen molar-refractivity contribution >= 4 is 34.3 Å². The Morgan fingerprint density at radius 2 is 1.89 bits per heavy atom. The van der Waals surface area contributed by atoms with Gasteiger partial charge < -0.3 is 21.1 Å². The lowest BCUT2D eigenvalue weighted by molar-refractivity contribution is -0.138. The summed E-state index contributed by atoms with van der Waals surface area (Å²) in [6.07, 6.45) is 1.56. The van der Waals surface area contributed by atoms with E-state index in [-0.39, 0.29) is 23.5 Å². The second kappa shape index (κ2) is 11.2. The maximum Gasteiger partial charge on any atom is 0.269 e. The largest absolute Gasteiger partial charge is 0.394 e. The number of hydrogen-bond donors (Lipinski definition) is 3. The average Bonchev–Trinajstić information content (AvgIpc) is 3.27. The normalized spacial score (nSPS) is 11.8. The molecular formula is C27H27FN6O4.